The number of nitrogens with zero attached hydrogens (tertiary/aromatic N) is 1. The van der Waals surface area contributed by atoms with E-state index in [1.807, 2.05) is 12.3 Å². The molecular weight excluding hydrogens is 266 g/mol. The van der Waals surface area contributed by atoms with Gasteiger partial charge in [-0.25, -0.2) is 0 Å². The van der Waals surface area contributed by atoms with Gasteiger partial charge in [-0.1, -0.05) is 6.92 Å². The van der Waals surface area contributed by atoms with Gasteiger partial charge in [0.1, 0.15) is 5.92 Å². The third-order valence-electron chi connectivity index (χ3n) is 3.26. The van der Waals surface area contributed by atoms with E-state index in [2.05, 4.69) is 0 Å². The molecule has 0 aliphatic carbocycles. The zero-order chi connectivity index (χ0) is 13.8. The lowest BCUT2D eigenvalue weighted by molar-refractivity contribution is -0.142. The molecular formula is C13H17NO4S. The number of thiophene rings is 1. The molecule has 1 aliphatic rings. The molecule has 0 radical (unpaired) electrons. The summed E-state index contributed by atoms with van der Waals surface area (Å²) < 4.78 is 5.25. The van der Waals surface area contributed by atoms with E-state index < -0.39 is 11.9 Å². The van der Waals surface area contributed by atoms with E-state index in [9.17, 15) is 14.7 Å². The van der Waals surface area contributed by atoms with E-state index >= 15 is 0 Å². The van der Waals surface area contributed by atoms with E-state index in [0.29, 0.717) is 18.7 Å². The molecule has 2 rings (SSSR count). The van der Waals surface area contributed by atoms with Gasteiger partial charge in [0.05, 0.1) is 24.8 Å². The summed E-state index contributed by atoms with van der Waals surface area (Å²) in [6, 6.07) is 1.39. The molecule has 2 unspecified atom stereocenters. The van der Waals surface area contributed by atoms with E-state index in [1.54, 1.807) is 16.3 Å². The zero-order valence-corrected chi connectivity index (χ0v) is 11.6. The molecule has 2 heterocycles. The highest BCUT2D eigenvalue weighted by Crippen LogP contribution is 2.23. The second kappa shape index (κ2) is 6.16. The predicted octanol–water partition coefficient (Wildman–Crippen LogP) is 1.70. The zero-order valence-electron chi connectivity index (χ0n) is 10.7. The fourth-order valence-electron chi connectivity index (χ4n) is 2.30. The summed E-state index contributed by atoms with van der Waals surface area (Å²) in [6.07, 6.45) is 0.790. The van der Waals surface area contributed by atoms with Crippen molar-refractivity contribution in [3.63, 3.8) is 0 Å². The van der Waals surface area contributed by atoms with Crippen molar-refractivity contribution in [2.24, 2.45) is 5.92 Å². The van der Waals surface area contributed by atoms with Gasteiger partial charge in [-0.2, -0.15) is 11.3 Å². The number of carboxylic acid groups (broad SMARTS) is 1. The SMILES string of the molecule is CCCN(C(=O)c1ccsc1)C1COCC1C(=O)O. The summed E-state index contributed by atoms with van der Waals surface area (Å²) in [4.78, 5) is 25.3. The molecule has 0 bridgehead atoms. The maximum Gasteiger partial charge on any atom is 0.311 e. The number of ether oxygens (including phenoxy) is 1. The van der Waals surface area contributed by atoms with Gasteiger partial charge in [-0.3, -0.25) is 9.59 Å². The summed E-state index contributed by atoms with van der Waals surface area (Å²) in [5.41, 5.74) is 0.620. The lowest BCUT2D eigenvalue weighted by Crippen LogP contribution is -2.46. The van der Waals surface area contributed by atoms with Gasteiger partial charge in [0, 0.05) is 11.9 Å². The van der Waals surface area contributed by atoms with Gasteiger partial charge in [-0.15, -0.1) is 0 Å². The largest absolute Gasteiger partial charge is 0.481 e. The Morgan fingerprint density at radius 1 is 1.53 bits per heavy atom. The van der Waals surface area contributed by atoms with Crippen molar-refractivity contribution in [1.82, 2.24) is 4.90 Å². The Balaban J connectivity index is 2.20. The van der Waals surface area contributed by atoms with Crippen LogP contribution in [-0.2, 0) is 9.53 Å². The quantitative estimate of drug-likeness (QED) is 0.893. The van der Waals surface area contributed by atoms with E-state index in [4.69, 9.17) is 4.74 Å². The molecule has 1 aliphatic heterocycles. The topological polar surface area (TPSA) is 66.8 Å². The molecule has 0 aromatic carbocycles. The van der Waals surface area contributed by atoms with Crippen LogP contribution in [0.5, 0.6) is 0 Å². The van der Waals surface area contributed by atoms with Crippen LogP contribution >= 0.6 is 11.3 Å². The van der Waals surface area contributed by atoms with Gasteiger partial charge >= 0.3 is 5.97 Å². The van der Waals surface area contributed by atoms with Crippen LogP contribution in [-0.4, -0.2) is 47.7 Å². The first-order valence-corrected chi connectivity index (χ1v) is 7.23. The van der Waals surface area contributed by atoms with Crippen LogP contribution in [0.4, 0.5) is 0 Å². The molecule has 1 aromatic rings. The summed E-state index contributed by atoms with van der Waals surface area (Å²) in [5.74, 6) is -1.64. The lowest BCUT2D eigenvalue weighted by atomic mass is 10.0. The van der Waals surface area contributed by atoms with Gasteiger partial charge in [0.2, 0.25) is 0 Å². The normalized spacial score (nSPS) is 22.4. The number of carbonyl (C=O) groups excluding carboxylic acids is 1. The first-order valence-electron chi connectivity index (χ1n) is 6.28. The molecule has 5 nitrogen and oxygen atoms in total. The number of rotatable bonds is 5. The minimum atomic E-state index is -0.901. The highest BCUT2D eigenvalue weighted by Gasteiger charge is 2.39. The fraction of sp³-hybridized carbons (Fsp3) is 0.538. The van der Waals surface area contributed by atoms with Crippen LogP contribution in [0.25, 0.3) is 0 Å². The van der Waals surface area contributed by atoms with Crippen LogP contribution in [0, 0.1) is 5.92 Å². The van der Waals surface area contributed by atoms with Gasteiger partial charge in [-0.05, 0) is 17.9 Å². The number of amides is 1. The number of carboxylic acids is 1. The van der Waals surface area contributed by atoms with Crippen LogP contribution in [0.15, 0.2) is 16.8 Å². The molecule has 0 spiro atoms. The third-order valence-corrected chi connectivity index (χ3v) is 3.94. The molecule has 0 saturated carbocycles. The van der Waals surface area contributed by atoms with Gasteiger partial charge in [0.15, 0.2) is 0 Å². The maximum absolute atomic E-state index is 12.4. The van der Waals surface area contributed by atoms with Gasteiger partial charge in [0.25, 0.3) is 5.91 Å². The first kappa shape index (κ1) is 14.0. The Kier molecular flexibility index (Phi) is 4.55. The van der Waals surface area contributed by atoms with Crippen molar-refractivity contribution in [2.45, 2.75) is 19.4 Å². The van der Waals surface area contributed by atoms with Crippen molar-refractivity contribution in [3.05, 3.63) is 22.4 Å². The highest BCUT2D eigenvalue weighted by atomic mass is 32.1. The number of hydrogen-bond acceptors (Lipinski definition) is 4. The van der Waals surface area contributed by atoms with Crippen molar-refractivity contribution in [1.29, 1.82) is 0 Å². The standard InChI is InChI=1S/C13H17NO4S/c1-2-4-14(12(15)9-3-5-19-8-9)11-7-18-6-10(11)13(16)17/h3,5,8,10-11H,2,4,6-7H2,1H3,(H,16,17). The van der Waals surface area contributed by atoms with Crippen molar-refractivity contribution in [2.75, 3.05) is 19.8 Å². The van der Waals surface area contributed by atoms with Crippen LogP contribution in [0.1, 0.15) is 23.7 Å². The Morgan fingerprint density at radius 3 is 2.89 bits per heavy atom. The van der Waals surface area contributed by atoms with Crippen molar-refractivity contribution >= 4 is 23.2 Å². The number of carbonyl (C=O) groups is 2. The Labute approximate surface area is 115 Å². The van der Waals surface area contributed by atoms with E-state index in [1.165, 1.54) is 11.3 Å². The second-order valence-electron chi connectivity index (χ2n) is 4.56. The van der Waals surface area contributed by atoms with Gasteiger partial charge < -0.3 is 14.7 Å². The monoisotopic (exact) mass is 283 g/mol. The molecule has 2 atom stereocenters. The predicted molar refractivity (Wildman–Crippen MR) is 71.4 cm³/mol. The molecule has 6 heteroatoms. The molecule has 1 fully saturated rings. The first-order chi connectivity index (χ1) is 9.15. The smallest absolute Gasteiger partial charge is 0.311 e. The minimum Gasteiger partial charge on any atom is -0.481 e. The summed E-state index contributed by atoms with van der Waals surface area (Å²) in [5, 5.41) is 12.8. The third kappa shape index (κ3) is 2.96. The molecule has 1 saturated heterocycles. The molecule has 1 aromatic heterocycles. The number of aliphatic carboxylic acids is 1. The van der Waals surface area contributed by atoms with Crippen molar-refractivity contribution < 1.29 is 19.4 Å². The average Bonchev–Trinajstić information content (AvgIpc) is 3.05. The lowest BCUT2D eigenvalue weighted by Gasteiger charge is -2.30. The molecule has 19 heavy (non-hydrogen) atoms. The maximum atomic E-state index is 12.4. The fourth-order valence-corrected chi connectivity index (χ4v) is 2.93. The second-order valence-corrected chi connectivity index (χ2v) is 5.34. The van der Waals surface area contributed by atoms with Crippen LogP contribution in [0.2, 0.25) is 0 Å². The Hall–Kier alpha value is -1.40. The van der Waals surface area contributed by atoms with Crippen molar-refractivity contribution in [3.8, 4) is 0 Å². The highest BCUT2D eigenvalue weighted by molar-refractivity contribution is 7.08. The van der Waals surface area contributed by atoms with Crippen LogP contribution < -0.4 is 0 Å². The molecule has 1 amide bonds. The average molecular weight is 283 g/mol. The molecule has 1 N–H and O–H groups in total. The van der Waals surface area contributed by atoms with Crippen LogP contribution in [0.3, 0.4) is 0 Å². The van der Waals surface area contributed by atoms with E-state index in [-0.39, 0.29) is 18.6 Å². The Morgan fingerprint density at radius 2 is 2.32 bits per heavy atom. The van der Waals surface area contributed by atoms with E-state index in [0.717, 1.165) is 6.42 Å². The minimum absolute atomic E-state index is 0.107. The summed E-state index contributed by atoms with van der Waals surface area (Å²) in [6.45, 7) is 3.00. The Bertz CT molecular complexity index is 446. The summed E-state index contributed by atoms with van der Waals surface area (Å²) >= 11 is 1.46. The number of hydrogen-bond donors (Lipinski definition) is 1. The molecule has 104 valence electrons. The summed E-state index contributed by atoms with van der Waals surface area (Å²) in [7, 11) is 0.